The molecule has 2 aliphatic heterocycles. The number of nitrogens with two attached hydrogens (primary N) is 2. The second-order valence-electron chi connectivity index (χ2n) is 7.19. The van der Waals surface area contributed by atoms with Crippen LogP contribution in [0.1, 0.15) is 32.6 Å². The van der Waals surface area contributed by atoms with Gasteiger partial charge in [-0.15, -0.1) is 0 Å². The van der Waals surface area contributed by atoms with Crippen LogP contribution in [0.25, 0.3) is 0 Å². The van der Waals surface area contributed by atoms with E-state index in [1.54, 1.807) is 0 Å². The fraction of sp³-hybridized carbons (Fsp3) is 0.889. The van der Waals surface area contributed by atoms with Crippen molar-refractivity contribution in [3.05, 3.63) is 0 Å². The van der Waals surface area contributed by atoms with Crippen molar-refractivity contribution in [2.45, 2.75) is 55.6 Å². The van der Waals surface area contributed by atoms with E-state index in [4.69, 9.17) is 25.7 Å². The van der Waals surface area contributed by atoms with E-state index in [-0.39, 0.29) is 30.5 Å². The molecule has 2 heterocycles. The predicted octanol–water partition coefficient (Wildman–Crippen LogP) is -0.0353. The first kappa shape index (κ1) is 23.4. The standard InChI is InChI=1S/C18H34N4O5S/c1-2-25-7-8-26-9-10-27-12-18(19,20)15(23)6-4-3-5-14-16-13(11-28-14)21-17(24)22-16/h13-14,16H,2-12,19-20H2,1H3,(H2,21,22,24)/t13-,14-,16-/m0/s1. The molecule has 2 rings (SSSR count). The zero-order valence-corrected chi connectivity index (χ0v) is 17.4. The van der Waals surface area contributed by atoms with Crippen LogP contribution in [0.5, 0.6) is 0 Å². The molecule has 2 saturated heterocycles. The molecule has 0 spiro atoms. The summed E-state index contributed by atoms with van der Waals surface area (Å²) in [6, 6.07) is 0.344. The number of rotatable bonds is 15. The lowest BCUT2D eigenvalue weighted by Gasteiger charge is -2.23. The summed E-state index contributed by atoms with van der Waals surface area (Å²) in [5.74, 6) is 0.742. The van der Waals surface area contributed by atoms with E-state index in [0.29, 0.717) is 44.7 Å². The van der Waals surface area contributed by atoms with Gasteiger partial charge >= 0.3 is 6.03 Å². The minimum absolute atomic E-state index is 0.0272. The molecule has 0 unspecified atom stereocenters. The van der Waals surface area contributed by atoms with E-state index < -0.39 is 5.66 Å². The van der Waals surface area contributed by atoms with Gasteiger partial charge in [0.2, 0.25) is 0 Å². The van der Waals surface area contributed by atoms with Crippen molar-refractivity contribution in [2.75, 3.05) is 45.4 Å². The molecule has 2 amide bonds. The highest BCUT2D eigenvalue weighted by molar-refractivity contribution is 8.00. The number of unbranched alkanes of at least 4 members (excludes halogenated alkanes) is 1. The minimum Gasteiger partial charge on any atom is -0.379 e. The van der Waals surface area contributed by atoms with E-state index in [2.05, 4.69) is 10.6 Å². The first-order valence-corrected chi connectivity index (χ1v) is 11.0. The molecule has 0 aromatic carbocycles. The average Bonchev–Trinajstić information content (AvgIpc) is 3.20. The maximum atomic E-state index is 12.3. The Morgan fingerprint density at radius 2 is 1.86 bits per heavy atom. The summed E-state index contributed by atoms with van der Waals surface area (Å²) in [4.78, 5) is 23.7. The molecule has 28 heavy (non-hydrogen) atoms. The molecule has 0 aliphatic carbocycles. The van der Waals surface area contributed by atoms with Crippen LogP contribution >= 0.6 is 11.8 Å². The minimum atomic E-state index is -1.47. The second-order valence-corrected chi connectivity index (χ2v) is 8.47. The number of fused-ring (bicyclic) bond motifs is 1. The van der Waals surface area contributed by atoms with Gasteiger partial charge in [0.05, 0.1) is 45.1 Å². The van der Waals surface area contributed by atoms with Crippen LogP contribution in [-0.2, 0) is 19.0 Å². The molecule has 9 nitrogen and oxygen atoms in total. The van der Waals surface area contributed by atoms with Gasteiger partial charge in [-0.25, -0.2) is 4.79 Å². The quantitative estimate of drug-likeness (QED) is 0.165. The lowest BCUT2D eigenvalue weighted by Crippen LogP contribution is -2.60. The third-order valence-electron chi connectivity index (χ3n) is 4.89. The Bertz CT molecular complexity index is 508. The van der Waals surface area contributed by atoms with Gasteiger partial charge < -0.3 is 36.3 Å². The molecule has 0 aromatic heterocycles. The van der Waals surface area contributed by atoms with Crippen LogP contribution in [-0.4, -0.2) is 80.2 Å². The number of ketones is 1. The molecule has 6 N–H and O–H groups in total. The molecular weight excluding hydrogens is 384 g/mol. The van der Waals surface area contributed by atoms with Crippen molar-refractivity contribution < 1.29 is 23.8 Å². The summed E-state index contributed by atoms with van der Waals surface area (Å²) < 4.78 is 15.9. The van der Waals surface area contributed by atoms with Crippen molar-refractivity contribution >= 4 is 23.6 Å². The van der Waals surface area contributed by atoms with Gasteiger partial charge in [-0.2, -0.15) is 11.8 Å². The maximum absolute atomic E-state index is 12.3. The summed E-state index contributed by atoms with van der Waals surface area (Å²) >= 11 is 1.87. The summed E-state index contributed by atoms with van der Waals surface area (Å²) in [7, 11) is 0. The van der Waals surface area contributed by atoms with E-state index >= 15 is 0 Å². The highest BCUT2D eigenvalue weighted by atomic mass is 32.2. The lowest BCUT2D eigenvalue weighted by atomic mass is 9.99. The molecule has 3 atom stereocenters. The Hall–Kier alpha value is -0.910. The average molecular weight is 419 g/mol. The molecular formula is C18H34N4O5S. The number of carbonyl (C=O) groups is 2. The number of carbonyl (C=O) groups excluding carboxylic acids is 2. The van der Waals surface area contributed by atoms with Crippen LogP contribution in [0.2, 0.25) is 0 Å². The predicted molar refractivity (Wildman–Crippen MR) is 108 cm³/mol. The molecule has 0 bridgehead atoms. The van der Waals surface area contributed by atoms with Gasteiger partial charge in [0, 0.05) is 24.0 Å². The normalized spacial score (nSPS) is 24.1. The third-order valence-corrected chi connectivity index (χ3v) is 6.40. The van der Waals surface area contributed by atoms with Crippen LogP contribution in [0.4, 0.5) is 4.79 Å². The van der Waals surface area contributed by atoms with Crippen LogP contribution in [0, 0.1) is 0 Å². The van der Waals surface area contributed by atoms with E-state index in [1.165, 1.54) is 0 Å². The van der Waals surface area contributed by atoms with Gasteiger partial charge in [0.1, 0.15) is 5.66 Å². The highest BCUT2D eigenvalue weighted by Gasteiger charge is 2.42. The Morgan fingerprint density at radius 1 is 1.14 bits per heavy atom. The first-order chi connectivity index (χ1) is 13.4. The number of ether oxygens (including phenoxy) is 3. The summed E-state index contributed by atoms with van der Waals surface area (Å²) in [5.41, 5.74) is 10.4. The molecule has 0 radical (unpaired) electrons. The molecule has 2 fully saturated rings. The van der Waals surface area contributed by atoms with Crippen LogP contribution in [0.15, 0.2) is 0 Å². The fourth-order valence-corrected chi connectivity index (χ4v) is 4.85. The Kier molecular flexibility index (Phi) is 9.96. The van der Waals surface area contributed by atoms with Crippen molar-refractivity contribution in [1.82, 2.24) is 10.6 Å². The Morgan fingerprint density at radius 3 is 2.61 bits per heavy atom. The number of amides is 2. The molecule has 0 saturated carbocycles. The molecule has 2 aliphatic rings. The van der Waals surface area contributed by atoms with E-state index in [0.717, 1.165) is 25.0 Å². The molecule has 0 aromatic rings. The number of nitrogens with one attached hydrogen (secondary N) is 2. The smallest absolute Gasteiger partial charge is 0.315 e. The number of thioether (sulfide) groups is 1. The monoisotopic (exact) mass is 418 g/mol. The van der Waals surface area contributed by atoms with Gasteiger partial charge in [0.25, 0.3) is 0 Å². The molecule has 10 heteroatoms. The number of hydrogen-bond donors (Lipinski definition) is 4. The summed E-state index contributed by atoms with van der Waals surface area (Å²) in [6.45, 7) is 4.36. The van der Waals surface area contributed by atoms with Crippen molar-refractivity contribution in [3.8, 4) is 0 Å². The first-order valence-electron chi connectivity index (χ1n) is 9.97. The zero-order chi connectivity index (χ0) is 20.4. The van der Waals surface area contributed by atoms with Crippen molar-refractivity contribution in [3.63, 3.8) is 0 Å². The lowest BCUT2D eigenvalue weighted by molar-refractivity contribution is -0.126. The fourth-order valence-electron chi connectivity index (χ4n) is 3.31. The van der Waals surface area contributed by atoms with Crippen LogP contribution < -0.4 is 22.1 Å². The third kappa shape index (κ3) is 7.49. The summed E-state index contributed by atoms with van der Waals surface area (Å²) in [6.07, 6.45) is 2.91. The Balaban J connectivity index is 1.52. The van der Waals surface area contributed by atoms with Gasteiger partial charge in [-0.1, -0.05) is 6.42 Å². The van der Waals surface area contributed by atoms with Gasteiger partial charge in [0.15, 0.2) is 5.78 Å². The highest BCUT2D eigenvalue weighted by Crippen LogP contribution is 2.33. The summed E-state index contributed by atoms with van der Waals surface area (Å²) in [5, 5.41) is 6.30. The van der Waals surface area contributed by atoms with Crippen LogP contribution in [0.3, 0.4) is 0 Å². The van der Waals surface area contributed by atoms with Crippen molar-refractivity contribution in [1.29, 1.82) is 0 Å². The topological polar surface area (TPSA) is 138 Å². The number of hydrogen-bond acceptors (Lipinski definition) is 8. The zero-order valence-electron chi connectivity index (χ0n) is 16.6. The maximum Gasteiger partial charge on any atom is 0.315 e. The Labute approximate surface area is 170 Å². The largest absolute Gasteiger partial charge is 0.379 e. The second kappa shape index (κ2) is 11.9. The number of Topliss-reactive ketones (excluding diaryl/α,β-unsaturated/α-hetero) is 1. The van der Waals surface area contributed by atoms with Gasteiger partial charge in [-0.05, 0) is 19.8 Å². The van der Waals surface area contributed by atoms with E-state index in [9.17, 15) is 9.59 Å². The SMILES string of the molecule is CCOCCOCCOCC(N)(N)C(=O)CCCC[C@@H]1SC[C@@H]2NC(=O)N[C@@H]21. The van der Waals surface area contributed by atoms with Crippen molar-refractivity contribution in [2.24, 2.45) is 11.5 Å². The number of urea groups is 1. The van der Waals surface area contributed by atoms with E-state index in [1.807, 2.05) is 18.7 Å². The van der Waals surface area contributed by atoms with Gasteiger partial charge in [-0.3, -0.25) is 4.79 Å². The molecule has 162 valence electrons.